The SMILES string of the molecule is COc1cc([C@@H]2C(=O)N(C3CCCCC3)CC(=O)N2Cc2ccc3c(c2)OCO3)ccc1OC(C)C. The first-order valence-electron chi connectivity index (χ1n) is 12.8. The number of hydrogen-bond acceptors (Lipinski definition) is 6. The van der Waals surface area contributed by atoms with Crippen LogP contribution in [0.3, 0.4) is 0 Å². The molecular formula is C28H34N2O6. The first kappa shape index (κ1) is 24.3. The molecule has 1 saturated heterocycles. The smallest absolute Gasteiger partial charge is 0.250 e. The van der Waals surface area contributed by atoms with Gasteiger partial charge in [-0.15, -0.1) is 0 Å². The molecule has 2 aromatic carbocycles. The van der Waals surface area contributed by atoms with Gasteiger partial charge >= 0.3 is 0 Å². The zero-order valence-electron chi connectivity index (χ0n) is 21.2. The Morgan fingerprint density at radius 3 is 2.50 bits per heavy atom. The van der Waals surface area contributed by atoms with E-state index in [-0.39, 0.29) is 43.8 Å². The van der Waals surface area contributed by atoms with E-state index in [0.29, 0.717) is 28.6 Å². The van der Waals surface area contributed by atoms with E-state index in [9.17, 15) is 9.59 Å². The van der Waals surface area contributed by atoms with Crippen molar-refractivity contribution in [1.82, 2.24) is 9.80 Å². The Labute approximate surface area is 212 Å². The molecule has 1 aliphatic carbocycles. The minimum absolute atomic E-state index is 0.0214. The van der Waals surface area contributed by atoms with Crippen LogP contribution >= 0.6 is 0 Å². The van der Waals surface area contributed by atoms with E-state index in [0.717, 1.165) is 31.2 Å². The second kappa shape index (κ2) is 10.3. The Hall–Kier alpha value is -3.42. The van der Waals surface area contributed by atoms with Crippen molar-refractivity contribution < 1.29 is 28.5 Å². The average Bonchev–Trinajstić information content (AvgIpc) is 3.35. The van der Waals surface area contributed by atoms with E-state index in [4.69, 9.17) is 18.9 Å². The predicted octanol–water partition coefficient (Wildman–Crippen LogP) is 4.46. The third-order valence-corrected chi connectivity index (χ3v) is 7.13. The van der Waals surface area contributed by atoms with Crippen molar-refractivity contribution in [3.63, 3.8) is 0 Å². The van der Waals surface area contributed by atoms with Crippen LogP contribution in [0.5, 0.6) is 23.0 Å². The highest BCUT2D eigenvalue weighted by molar-refractivity contribution is 5.96. The normalized spacial score (nSPS) is 20.3. The van der Waals surface area contributed by atoms with Gasteiger partial charge in [-0.25, -0.2) is 0 Å². The lowest BCUT2D eigenvalue weighted by atomic mass is 9.91. The molecule has 0 N–H and O–H groups in total. The number of benzene rings is 2. The van der Waals surface area contributed by atoms with Crippen LogP contribution in [-0.4, -0.2) is 54.2 Å². The molecule has 0 radical (unpaired) electrons. The van der Waals surface area contributed by atoms with Gasteiger partial charge in [0.15, 0.2) is 23.0 Å². The van der Waals surface area contributed by atoms with Crippen LogP contribution in [0.25, 0.3) is 0 Å². The zero-order valence-corrected chi connectivity index (χ0v) is 21.2. The first-order valence-corrected chi connectivity index (χ1v) is 12.8. The maximum absolute atomic E-state index is 14.0. The van der Waals surface area contributed by atoms with Crippen molar-refractivity contribution in [2.75, 3.05) is 20.4 Å². The van der Waals surface area contributed by atoms with Gasteiger partial charge in [-0.05, 0) is 62.1 Å². The number of ether oxygens (including phenoxy) is 4. The molecule has 2 heterocycles. The van der Waals surface area contributed by atoms with Crippen LogP contribution in [0.1, 0.15) is 63.1 Å². The highest BCUT2D eigenvalue weighted by Crippen LogP contribution is 2.39. The molecule has 192 valence electrons. The summed E-state index contributed by atoms with van der Waals surface area (Å²) in [5, 5.41) is 0. The Bertz CT molecular complexity index is 1130. The van der Waals surface area contributed by atoms with E-state index >= 15 is 0 Å². The molecular weight excluding hydrogens is 460 g/mol. The summed E-state index contributed by atoms with van der Waals surface area (Å²) in [4.78, 5) is 31.1. The van der Waals surface area contributed by atoms with Crippen molar-refractivity contribution in [2.24, 2.45) is 0 Å². The number of carbonyl (C=O) groups is 2. The molecule has 2 fully saturated rings. The van der Waals surface area contributed by atoms with Gasteiger partial charge in [0.05, 0.1) is 13.2 Å². The third-order valence-electron chi connectivity index (χ3n) is 7.13. The monoisotopic (exact) mass is 494 g/mol. The zero-order chi connectivity index (χ0) is 25.2. The minimum atomic E-state index is -0.749. The third kappa shape index (κ3) is 4.81. The number of hydrogen-bond donors (Lipinski definition) is 0. The quantitative estimate of drug-likeness (QED) is 0.566. The van der Waals surface area contributed by atoms with Gasteiger partial charge in [0.25, 0.3) is 5.91 Å². The largest absolute Gasteiger partial charge is 0.493 e. The van der Waals surface area contributed by atoms with Crippen molar-refractivity contribution in [1.29, 1.82) is 0 Å². The molecule has 1 saturated carbocycles. The number of rotatable bonds is 7. The van der Waals surface area contributed by atoms with Gasteiger partial charge in [0, 0.05) is 12.6 Å². The van der Waals surface area contributed by atoms with E-state index < -0.39 is 6.04 Å². The second-order valence-electron chi connectivity index (χ2n) is 9.95. The van der Waals surface area contributed by atoms with Gasteiger partial charge in [-0.2, -0.15) is 0 Å². The van der Waals surface area contributed by atoms with Crippen molar-refractivity contribution >= 4 is 11.8 Å². The number of piperazine rings is 1. The Morgan fingerprint density at radius 1 is 0.972 bits per heavy atom. The van der Waals surface area contributed by atoms with E-state index in [1.807, 2.05) is 55.1 Å². The summed E-state index contributed by atoms with van der Waals surface area (Å²) in [6, 6.07) is 10.5. The Balaban J connectivity index is 1.50. The summed E-state index contributed by atoms with van der Waals surface area (Å²) in [5.41, 5.74) is 1.59. The lowest BCUT2D eigenvalue weighted by Gasteiger charge is -2.44. The predicted molar refractivity (Wildman–Crippen MR) is 133 cm³/mol. The summed E-state index contributed by atoms with van der Waals surface area (Å²) in [5.74, 6) is 2.38. The molecule has 1 atom stereocenters. The molecule has 3 aliphatic rings. The highest BCUT2D eigenvalue weighted by Gasteiger charge is 2.43. The van der Waals surface area contributed by atoms with Crippen molar-refractivity contribution in [3.8, 4) is 23.0 Å². The van der Waals surface area contributed by atoms with E-state index in [1.165, 1.54) is 6.42 Å². The summed E-state index contributed by atoms with van der Waals surface area (Å²) in [6.45, 7) is 4.48. The summed E-state index contributed by atoms with van der Waals surface area (Å²) < 4.78 is 22.4. The number of fused-ring (bicyclic) bond motifs is 1. The van der Waals surface area contributed by atoms with Crippen LogP contribution in [0, 0.1) is 0 Å². The standard InChI is InChI=1S/C28H34N2O6/c1-18(2)36-23-12-10-20(14-24(23)33-3)27-28(32)29(21-7-5-4-6-8-21)16-26(31)30(27)15-19-9-11-22-25(13-19)35-17-34-22/h9-14,18,21,27H,4-8,15-17H2,1-3H3/t27-/m1/s1. The van der Waals surface area contributed by atoms with E-state index in [1.54, 1.807) is 12.0 Å². The molecule has 8 nitrogen and oxygen atoms in total. The van der Waals surface area contributed by atoms with Crippen LogP contribution in [0.2, 0.25) is 0 Å². The molecule has 2 aromatic rings. The van der Waals surface area contributed by atoms with Crippen molar-refractivity contribution in [2.45, 2.75) is 70.7 Å². The fourth-order valence-electron chi connectivity index (χ4n) is 5.39. The Morgan fingerprint density at radius 2 is 1.75 bits per heavy atom. The molecule has 0 bridgehead atoms. The molecule has 0 aromatic heterocycles. The maximum Gasteiger partial charge on any atom is 0.250 e. The van der Waals surface area contributed by atoms with Gasteiger partial charge in [0.2, 0.25) is 12.7 Å². The minimum Gasteiger partial charge on any atom is -0.493 e. The maximum atomic E-state index is 14.0. The number of nitrogens with zero attached hydrogens (tertiary/aromatic N) is 2. The number of methoxy groups -OCH3 is 1. The fourth-order valence-corrected chi connectivity index (χ4v) is 5.39. The highest BCUT2D eigenvalue weighted by atomic mass is 16.7. The molecule has 36 heavy (non-hydrogen) atoms. The molecule has 8 heteroatoms. The van der Waals surface area contributed by atoms with Crippen LogP contribution in [0.4, 0.5) is 0 Å². The second-order valence-corrected chi connectivity index (χ2v) is 9.95. The van der Waals surface area contributed by atoms with Gasteiger partial charge < -0.3 is 28.7 Å². The molecule has 2 amide bonds. The van der Waals surface area contributed by atoms with Gasteiger partial charge in [-0.1, -0.05) is 31.4 Å². The van der Waals surface area contributed by atoms with Crippen LogP contribution in [0.15, 0.2) is 36.4 Å². The molecule has 5 rings (SSSR count). The average molecular weight is 495 g/mol. The number of amides is 2. The van der Waals surface area contributed by atoms with Gasteiger partial charge in [0.1, 0.15) is 12.6 Å². The van der Waals surface area contributed by atoms with Crippen LogP contribution in [-0.2, 0) is 16.1 Å². The number of carbonyl (C=O) groups excluding carboxylic acids is 2. The fraction of sp³-hybridized carbons (Fsp3) is 0.500. The lowest BCUT2D eigenvalue weighted by molar-refractivity contribution is -0.160. The molecule has 2 aliphatic heterocycles. The topological polar surface area (TPSA) is 77.5 Å². The van der Waals surface area contributed by atoms with E-state index in [2.05, 4.69) is 0 Å². The summed E-state index contributed by atoms with van der Waals surface area (Å²) in [7, 11) is 1.58. The lowest BCUT2D eigenvalue weighted by Crippen LogP contribution is -2.58. The van der Waals surface area contributed by atoms with Crippen LogP contribution < -0.4 is 18.9 Å². The van der Waals surface area contributed by atoms with Crippen molar-refractivity contribution in [3.05, 3.63) is 47.5 Å². The first-order chi connectivity index (χ1) is 17.4. The Kier molecular flexibility index (Phi) is 6.94. The molecule has 0 spiro atoms. The summed E-state index contributed by atoms with van der Waals surface area (Å²) >= 11 is 0. The molecule has 0 unspecified atom stereocenters. The summed E-state index contributed by atoms with van der Waals surface area (Å²) in [6.07, 6.45) is 5.22. The van der Waals surface area contributed by atoms with Gasteiger partial charge in [-0.3, -0.25) is 9.59 Å².